The highest BCUT2D eigenvalue weighted by molar-refractivity contribution is 7.91. The van der Waals surface area contributed by atoms with Crippen LogP contribution in [-0.4, -0.2) is 43.3 Å². The number of rotatable bonds is 3. The lowest BCUT2D eigenvalue weighted by Crippen LogP contribution is -2.41. The minimum Gasteiger partial charge on any atom is -0.339 e. The average molecular weight is 307 g/mol. The summed E-state index contributed by atoms with van der Waals surface area (Å²) in [4.78, 5) is 14.5. The molecule has 0 radical (unpaired) electrons. The van der Waals surface area contributed by atoms with Gasteiger partial charge in [-0.05, 0) is 31.2 Å². The Kier molecular flexibility index (Phi) is 4.02. The van der Waals surface area contributed by atoms with Crippen LogP contribution in [0.15, 0.2) is 30.3 Å². The lowest BCUT2D eigenvalue weighted by molar-refractivity contribution is -0.135. The maximum Gasteiger partial charge on any atom is 0.226 e. The molecular weight excluding hydrogens is 286 g/mol. The molecule has 2 aliphatic rings. The molecule has 0 spiro atoms. The number of carbonyl (C=O) groups is 1. The summed E-state index contributed by atoms with van der Waals surface area (Å²) >= 11 is 0. The van der Waals surface area contributed by atoms with Crippen LogP contribution in [0.5, 0.6) is 0 Å². The lowest BCUT2D eigenvalue weighted by Gasteiger charge is -2.27. The number of hydrogen-bond acceptors (Lipinski definition) is 3. The van der Waals surface area contributed by atoms with Gasteiger partial charge in [-0.3, -0.25) is 4.79 Å². The van der Waals surface area contributed by atoms with E-state index in [0.717, 1.165) is 25.8 Å². The fraction of sp³-hybridized carbons (Fsp3) is 0.562. The summed E-state index contributed by atoms with van der Waals surface area (Å²) in [5.74, 6) is -0.0538. The molecule has 2 heterocycles. The van der Waals surface area contributed by atoms with Gasteiger partial charge in [-0.25, -0.2) is 8.42 Å². The third-order valence-electron chi connectivity index (χ3n) is 4.56. The lowest BCUT2D eigenvalue weighted by atomic mass is 10.0. The third kappa shape index (κ3) is 3.28. The van der Waals surface area contributed by atoms with Crippen molar-refractivity contribution in [2.45, 2.75) is 31.7 Å². The fourth-order valence-electron chi connectivity index (χ4n) is 3.45. The average Bonchev–Trinajstić information content (AvgIpc) is 3.06. The largest absolute Gasteiger partial charge is 0.339 e. The first-order valence-corrected chi connectivity index (χ1v) is 9.42. The van der Waals surface area contributed by atoms with E-state index in [2.05, 4.69) is 12.1 Å². The summed E-state index contributed by atoms with van der Waals surface area (Å²) in [6, 6.07) is 10.4. The van der Waals surface area contributed by atoms with Crippen molar-refractivity contribution in [1.82, 2.24) is 4.90 Å². The first-order valence-electron chi connectivity index (χ1n) is 7.60. The molecule has 0 N–H and O–H groups in total. The zero-order valence-corrected chi connectivity index (χ0v) is 12.9. The minimum absolute atomic E-state index is 0.0421. The molecule has 2 atom stereocenters. The Bertz CT molecular complexity index is 612. The van der Waals surface area contributed by atoms with Gasteiger partial charge in [0.25, 0.3) is 0 Å². The second-order valence-electron chi connectivity index (χ2n) is 6.12. The van der Waals surface area contributed by atoms with Gasteiger partial charge in [-0.2, -0.15) is 0 Å². The minimum atomic E-state index is -2.99. The molecule has 4 nitrogen and oxygen atoms in total. The zero-order valence-electron chi connectivity index (χ0n) is 12.1. The van der Waals surface area contributed by atoms with Gasteiger partial charge in [0.1, 0.15) is 0 Å². The molecule has 3 rings (SSSR count). The number of nitrogens with zero attached hydrogens (tertiary/aromatic N) is 1. The van der Waals surface area contributed by atoms with Gasteiger partial charge in [0, 0.05) is 12.6 Å². The number of likely N-dealkylation sites (tertiary alicyclic amines) is 1. The molecule has 1 aromatic rings. The molecule has 2 fully saturated rings. The second-order valence-corrected chi connectivity index (χ2v) is 8.35. The normalized spacial score (nSPS) is 27.9. The van der Waals surface area contributed by atoms with Crippen molar-refractivity contribution in [1.29, 1.82) is 0 Å². The second kappa shape index (κ2) is 5.79. The Morgan fingerprint density at radius 1 is 1.19 bits per heavy atom. The molecule has 2 saturated heterocycles. The van der Waals surface area contributed by atoms with E-state index in [4.69, 9.17) is 0 Å². The predicted octanol–water partition coefficient (Wildman–Crippen LogP) is 1.65. The van der Waals surface area contributed by atoms with Crippen molar-refractivity contribution < 1.29 is 13.2 Å². The van der Waals surface area contributed by atoms with Crippen molar-refractivity contribution in [3.05, 3.63) is 35.9 Å². The molecule has 114 valence electrons. The van der Waals surface area contributed by atoms with E-state index in [1.807, 2.05) is 23.1 Å². The van der Waals surface area contributed by atoms with E-state index in [1.54, 1.807) is 0 Å². The number of amides is 1. The molecular formula is C16H21NO3S. The summed E-state index contributed by atoms with van der Waals surface area (Å²) in [6.45, 7) is 0.771. The van der Waals surface area contributed by atoms with Crippen LogP contribution in [0, 0.1) is 5.92 Å². The highest BCUT2D eigenvalue weighted by atomic mass is 32.2. The Hall–Kier alpha value is -1.36. The van der Waals surface area contributed by atoms with Crippen LogP contribution in [0.3, 0.4) is 0 Å². The number of benzene rings is 1. The number of hydrogen-bond donors (Lipinski definition) is 0. The molecule has 0 unspecified atom stereocenters. The van der Waals surface area contributed by atoms with Crippen LogP contribution < -0.4 is 0 Å². The standard InChI is InChI=1S/C16H21NO3S/c18-16(14-8-10-21(19,20)12-14)17-9-4-7-15(17)11-13-5-2-1-3-6-13/h1-3,5-6,14-15H,4,7-12H2/t14-,15-/m1/s1. The Balaban J connectivity index is 1.68. The smallest absolute Gasteiger partial charge is 0.226 e. The van der Waals surface area contributed by atoms with Gasteiger partial charge in [0.05, 0.1) is 17.4 Å². The van der Waals surface area contributed by atoms with Crippen LogP contribution in [0.1, 0.15) is 24.8 Å². The monoisotopic (exact) mass is 307 g/mol. The maximum absolute atomic E-state index is 12.6. The third-order valence-corrected chi connectivity index (χ3v) is 6.32. The van der Waals surface area contributed by atoms with E-state index in [1.165, 1.54) is 5.56 Å². The van der Waals surface area contributed by atoms with E-state index in [9.17, 15) is 13.2 Å². The van der Waals surface area contributed by atoms with Gasteiger partial charge in [-0.15, -0.1) is 0 Å². The van der Waals surface area contributed by atoms with Crippen molar-refractivity contribution in [3.8, 4) is 0 Å². The van der Waals surface area contributed by atoms with Gasteiger partial charge in [0.2, 0.25) is 5.91 Å². The molecule has 1 aromatic carbocycles. The van der Waals surface area contributed by atoms with Gasteiger partial charge in [0.15, 0.2) is 9.84 Å². The summed E-state index contributed by atoms with van der Waals surface area (Å²) < 4.78 is 23.1. The zero-order chi connectivity index (χ0) is 14.9. The highest BCUT2D eigenvalue weighted by Gasteiger charge is 2.38. The van der Waals surface area contributed by atoms with E-state index in [0.29, 0.717) is 6.42 Å². The van der Waals surface area contributed by atoms with E-state index >= 15 is 0 Å². The highest BCUT2D eigenvalue weighted by Crippen LogP contribution is 2.27. The van der Waals surface area contributed by atoms with Crippen molar-refractivity contribution >= 4 is 15.7 Å². The fourth-order valence-corrected chi connectivity index (χ4v) is 5.18. The molecule has 21 heavy (non-hydrogen) atoms. The van der Waals surface area contributed by atoms with Crippen LogP contribution in [-0.2, 0) is 21.1 Å². The molecule has 5 heteroatoms. The van der Waals surface area contributed by atoms with E-state index in [-0.39, 0.29) is 29.4 Å². The van der Waals surface area contributed by atoms with Crippen molar-refractivity contribution in [2.75, 3.05) is 18.1 Å². The van der Waals surface area contributed by atoms with Gasteiger partial charge in [-0.1, -0.05) is 30.3 Å². The summed E-state index contributed by atoms with van der Waals surface area (Å²) in [7, 11) is -2.99. The summed E-state index contributed by atoms with van der Waals surface area (Å²) in [6.07, 6.45) is 3.39. The molecule has 0 saturated carbocycles. The Morgan fingerprint density at radius 3 is 2.62 bits per heavy atom. The predicted molar refractivity (Wildman–Crippen MR) is 81.6 cm³/mol. The molecule has 0 aliphatic carbocycles. The van der Waals surface area contributed by atoms with Crippen molar-refractivity contribution in [3.63, 3.8) is 0 Å². The summed E-state index contributed by atoms with van der Waals surface area (Å²) in [5.41, 5.74) is 1.24. The van der Waals surface area contributed by atoms with Crippen LogP contribution in [0.25, 0.3) is 0 Å². The van der Waals surface area contributed by atoms with Gasteiger partial charge < -0.3 is 4.90 Å². The van der Waals surface area contributed by atoms with Gasteiger partial charge >= 0.3 is 0 Å². The first-order chi connectivity index (χ1) is 10.1. The van der Waals surface area contributed by atoms with Crippen LogP contribution >= 0.6 is 0 Å². The molecule has 2 aliphatic heterocycles. The topological polar surface area (TPSA) is 54.5 Å². The molecule has 0 aromatic heterocycles. The van der Waals surface area contributed by atoms with Crippen LogP contribution in [0.2, 0.25) is 0 Å². The maximum atomic E-state index is 12.6. The number of carbonyl (C=O) groups excluding carboxylic acids is 1. The van der Waals surface area contributed by atoms with Crippen LogP contribution in [0.4, 0.5) is 0 Å². The first kappa shape index (κ1) is 14.6. The SMILES string of the molecule is O=C([C@@H]1CCS(=O)(=O)C1)N1CCC[C@@H]1Cc1ccccc1. The number of sulfone groups is 1. The van der Waals surface area contributed by atoms with Crippen molar-refractivity contribution in [2.24, 2.45) is 5.92 Å². The molecule has 0 bridgehead atoms. The Labute approximate surface area is 126 Å². The quantitative estimate of drug-likeness (QED) is 0.853. The summed E-state index contributed by atoms with van der Waals surface area (Å²) in [5, 5.41) is 0. The Morgan fingerprint density at radius 2 is 1.95 bits per heavy atom. The molecule has 1 amide bonds. The van der Waals surface area contributed by atoms with E-state index < -0.39 is 9.84 Å².